The second kappa shape index (κ2) is 10.9. The Kier molecular flexibility index (Phi) is 6.66. The van der Waals surface area contributed by atoms with Crippen LogP contribution in [0.5, 0.6) is 5.75 Å². The van der Waals surface area contributed by atoms with Gasteiger partial charge in [-0.15, -0.1) is 5.10 Å². The lowest BCUT2D eigenvalue weighted by atomic mass is 10.1. The average Bonchev–Trinajstić information content (AvgIpc) is 3.63. The lowest BCUT2D eigenvalue weighted by molar-refractivity contribution is 0.0950. The second-order valence-electron chi connectivity index (χ2n) is 8.73. The maximum atomic E-state index is 13.0. The molecule has 11 nitrogen and oxygen atoms in total. The van der Waals surface area contributed by atoms with E-state index in [9.17, 15) is 4.79 Å². The van der Waals surface area contributed by atoms with E-state index in [2.05, 4.69) is 55.4 Å². The average molecular weight is 531 g/mol. The number of rotatable bonds is 8. The number of nitrogen functional groups attached to an aromatic ring is 1. The van der Waals surface area contributed by atoms with Crippen LogP contribution >= 0.6 is 0 Å². The van der Waals surface area contributed by atoms with Crippen molar-refractivity contribution in [1.29, 1.82) is 0 Å². The molecule has 2 aromatic heterocycles. The summed E-state index contributed by atoms with van der Waals surface area (Å²) in [5.41, 5.74) is 11.3. The highest BCUT2D eigenvalue weighted by atomic mass is 16.6. The molecule has 11 heteroatoms. The number of nitrogens with zero attached hydrogens (tertiary/aromatic N) is 6. The maximum absolute atomic E-state index is 13.0. The van der Waals surface area contributed by atoms with Crippen molar-refractivity contribution in [2.24, 2.45) is 5.10 Å². The number of amides is 1. The Morgan fingerprint density at radius 2 is 1.73 bits per heavy atom. The minimum atomic E-state index is -0.564. The smallest absolute Gasteiger partial charge is 0.294 e. The molecule has 2 heterocycles. The van der Waals surface area contributed by atoms with Crippen LogP contribution in [-0.4, -0.2) is 37.4 Å². The summed E-state index contributed by atoms with van der Waals surface area (Å²) in [4.78, 5) is 13.0. The van der Waals surface area contributed by atoms with Gasteiger partial charge < -0.3 is 10.5 Å². The number of benzene rings is 4. The Labute approximate surface area is 227 Å². The van der Waals surface area contributed by atoms with Crippen LogP contribution in [0, 0.1) is 0 Å². The Bertz CT molecular complexity index is 1810. The highest BCUT2D eigenvalue weighted by Gasteiger charge is 2.25. The van der Waals surface area contributed by atoms with E-state index in [0.717, 1.165) is 16.9 Å². The van der Waals surface area contributed by atoms with Crippen molar-refractivity contribution in [1.82, 2.24) is 30.7 Å². The van der Waals surface area contributed by atoms with Gasteiger partial charge >= 0.3 is 0 Å². The van der Waals surface area contributed by atoms with Crippen molar-refractivity contribution in [3.8, 4) is 22.8 Å². The Morgan fingerprint density at radius 1 is 0.950 bits per heavy atom. The summed E-state index contributed by atoms with van der Waals surface area (Å²) in [6, 6.07) is 30.9. The highest BCUT2D eigenvalue weighted by molar-refractivity contribution is 5.98. The van der Waals surface area contributed by atoms with Crippen molar-refractivity contribution >= 4 is 28.7 Å². The molecule has 3 N–H and O–H groups in total. The topological polar surface area (TPSA) is 146 Å². The highest BCUT2D eigenvalue weighted by Crippen LogP contribution is 2.26. The summed E-state index contributed by atoms with van der Waals surface area (Å²) in [5, 5.41) is 21.9. The number of hydrogen-bond donors (Lipinski definition) is 2. The molecular weight excluding hydrogens is 508 g/mol. The summed E-state index contributed by atoms with van der Waals surface area (Å²) < 4.78 is 12.0. The SMILES string of the molecule is Nc1nonc1-n1nnc(C(=O)NN=Cc2ccc(OCc3cccc4ccccc34)cc2)c1-c1ccccc1. The predicted molar refractivity (Wildman–Crippen MR) is 149 cm³/mol. The number of hydrazone groups is 1. The van der Waals surface area contributed by atoms with E-state index in [0.29, 0.717) is 17.9 Å². The molecule has 4 aromatic carbocycles. The van der Waals surface area contributed by atoms with Crippen LogP contribution in [0.15, 0.2) is 107 Å². The van der Waals surface area contributed by atoms with E-state index in [1.807, 2.05) is 72.8 Å². The number of nitrogens with two attached hydrogens (primary N) is 1. The summed E-state index contributed by atoms with van der Waals surface area (Å²) in [5.74, 6) is 0.291. The molecular formula is C29H22N8O3. The van der Waals surface area contributed by atoms with Gasteiger partial charge in [0.1, 0.15) is 18.1 Å². The molecule has 40 heavy (non-hydrogen) atoms. The van der Waals surface area contributed by atoms with Gasteiger partial charge in [-0.3, -0.25) is 4.79 Å². The molecule has 0 bridgehead atoms. The van der Waals surface area contributed by atoms with E-state index in [4.69, 9.17) is 15.1 Å². The molecule has 0 aliphatic carbocycles. The first kappa shape index (κ1) is 24.5. The fraction of sp³-hybridized carbons (Fsp3) is 0.0345. The number of fused-ring (bicyclic) bond motifs is 1. The monoisotopic (exact) mass is 530 g/mol. The molecule has 0 saturated carbocycles. The Balaban J connectivity index is 1.14. The van der Waals surface area contributed by atoms with Crippen LogP contribution in [0.4, 0.5) is 5.82 Å². The summed E-state index contributed by atoms with van der Waals surface area (Å²) in [6.07, 6.45) is 1.53. The van der Waals surface area contributed by atoms with Gasteiger partial charge in [0, 0.05) is 5.56 Å². The van der Waals surface area contributed by atoms with Gasteiger partial charge in [0.05, 0.1) is 6.21 Å². The zero-order chi connectivity index (χ0) is 27.3. The second-order valence-corrected chi connectivity index (χ2v) is 8.73. The molecule has 0 saturated heterocycles. The number of ether oxygens (including phenoxy) is 1. The Morgan fingerprint density at radius 3 is 2.52 bits per heavy atom. The number of aromatic nitrogens is 5. The van der Waals surface area contributed by atoms with Crippen LogP contribution in [0.3, 0.4) is 0 Å². The molecule has 0 aliphatic heterocycles. The van der Waals surface area contributed by atoms with Gasteiger partial charge in [0.15, 0.2) is 5.69 Å². The number of anilines is 1. The molecule has 1 amide bonds. The van der Waals surface area contributed by atoms with Crippen LogP contribution in [0.1, 0.15) is 21.6 Å². The van der Waals surface area contributed by atoms with E-state index < -0.39 is 5.91 Å². The molecule has 0 unspecified atom stereocenters. The van der Waals surface area contributed by atoms with Crippen molar-refractivity contribution in [3.05, 3.63) is 114 Å². The van der Waals surface area contributed by atoms with Crippen LogP contribution in [-0.2, 0) is 6.61 Å². The third-order valence-corrected chi connectivity index (χ3v) is 6.16. The third-order valence-electron chi connectivity index (χ3n) is 6.16. The summed E-state index contributed by atoms with van der Waals surface area (Å²) in [7, 11) is 0. The first-order valence-corrected chi connectivity index (χ1v) is 12.3. The van der Waals surface area contributed by atoms with Crippen molar-refractivity contribution in [3.63, 3.8) is 0 Å². The summed E-state index contributed by atoms with van der Waals surface area (Å²) >= 11 is 0. The molecule has 0 aliphatic rings. The standard InChI is InChI=1S/C29H22N8O3/c30-27-28(35-40-34-27)37-26(21-8-2-1-3-9-21)25(32-36-37)29(38)33-31-17-19-13-15-23(16-14-19)39-18-22-11-6-10-20-7-4-5-12-24(20)22/h1-17H,18H2,(H2,30,34)(H,33,38). The predicted octanol–water partition coefficient (Wildman–Crippen LogP) is 4.40. The molecule has 0 fully saturated rings. The van der Waals surface area contributed by atoms with Gasteiger partial charge in [-0.25, -0.2) is 10.1 Å². The maximum Gasteiger partial charge on any atom is 0.294 e. The largest absolute Gasteiger partial charge is 0.489 e. The number of carbonyl (C=O) groups is 1. The quantitative estimate of drug-likeness (QED) is 0.218. The third kappa shape index (κ3) is 4.98. The van der Waals surface area contributed by atoms with Gasteiger partial charge in [-0.2, -0.15) is 9.78 Å². The number of carbonyl (C=O) groups excluding carboxylic acids is 1. The van der Waals surface area contributed by atoms with Crippen LogP contribution < -0.4 is 15.9 Å². The van der Waals surface area contributed by atoms with Crippen LogP contribution in [0.25, 0.3) is 27.8 Å². The zero-order valence-corrected chi connectivity index (χ0v) is 21.0. The van der Waals surface area contributed by atoms with Gasteiger partial charge in [-0.05, 0) is 56.5 Å². The molecule has 6 aromatic rings. The lowest BCUT2D eigenvalue weighted by Gasteiger charge is -2.09. The molecule has 0 radical (unpaired) electrons. The van der Waals surface area contributed by atoms with E-state index in [-0.39, 0.29) is 17.3 Å². The zero-order valence-electron chi connectivity index (χ0n) is 21.0. The molecule has 0 spiro atoms. The van der Waals surface area contributed by atoms with Crippen molar-refractivity contribution in [2.75, 3.05) is 5.73 Å². The Hall–Kier alpha value is -5.84. The van der Waals surface area contributed by atoms with E-state index in [1.54, 1.807) is 0 Å². The normalized spacial score (nSPS) is 11.2. The first-order chi connectivity index (χ1) is 19.7. The molecule has 6 rings (SSSR count). The fourth-order valence-electron chi connectivity index (χ4n) is 4.22. The first-order valence-electron chi connectivity index (χ1n) is 12.3. The van der Waals surface area contributed by atoms with Gasteiger partial charge in [-0.1, -0.05) is 78.0 Å². The van der Waals surface area contributed by atoms with Crippen LogP contribution in [0.2, 0.25) is 0 Å². The minimum Gasteiger partial charge on any atom is -0.489 e. The van der Waals surface area contributed by atoms with Crippen molar-refractivity contribution < 1.29 is 14.2 Å². The van der Waals surface area contributed by atoms with Gasteiger partial charge in [0.2, 0.25) is 11.6 Å². The molecule has 196 valence electrons. The van der Waals surface area contributed by atoms with Gasteiger partial charge in [0.25, 0.3) is 5.91 Å². The fourth-order valence-corrected chi connectivity index (χ4v) is 4.22. The van der Waals surface area contributed by atoms with E-state index >= 15 is 0 Å². The minimum absolute atomic E-state index is 0.0107. The van der Waals surface area contributed by atoms with E-state index in [1.165, 1.54) is 21.7 Å². The molecule has 0 atom stereocenters. The van der Waals surface area contributed by atoms with Crippen molar-refractivity contribution in [2.45, 2.75) is 6.61 Å². The number of hydrogen-bond acceptors (Lipinski definition) is 9. The summed E-state index contributed by atoms with van der Waals surface area (Å²) in [6.45, 7) is 0.450. The lowest BCUT2D eigenvalue weighted by Crippen LogP contribution is -2.19. The number of nitrogens with one attached hydrogen (secondary N) is 1.